The fraction of sp³-hybridized carbons (Fsp3) is 0.500. The number of hydrogen-bond acceptors (Lipinski definition) is 4. The van der Waals surface area contributed by atoms with Gasteiger partial charge in [0.2, 0.25) is 0 Å². The fourth-order valence-electron chi connectivity index (χ4n) is 0.608. The number of hydrogen-bond donors (Lipinski definition) is 2. The van der Waals surface area contributed by atoms with Crippen LogP contribution in [-0.4, -0.2) is 39.2 Å². The molecule has 0 aliphatic carbocycles. The van der Waals surface area contributed by atoms with Crippen LogP contribution in [0.2, 0.25) is 0 Å². The molecule has 1 fully saturated rings. The minimum absolute atomic E-state index is 0.105. The molecule has 0 aromatic heterocycles. The van der Waals surface area contributed by atoms with Gasteiger partial charge in [-0.15, -0.1) is 0 Å². The van der Waals surface area contributed by atoms with Gasteiger partial charge in [-0.1, -0.05) is 0 Å². The molecule has 1 rings (SSSR count). The van der Waals surface area contributed by atoms with Gasteiger partial charge in [0.15, 0.2) is 6.04 Å². The van der Waals surface area contributed by atoms with Crippen molar-refractivity contribution in [1.29, 1.82) is 0 Å². The molecule has 0 aromatic rings. The molecule has 1 atom stereocenters. The summed E-state index contributed by atoms with van der Waals surface area (Å²) in [6.07, 6.45) is -1.31. The zero-order valence-corrected chi connectivity index (χ0v) is 6.08. The number of carboxylic acid groups (broad SMARTS) is 2. The van der Waals surface area contributed by atoms with Crippen LogP contribution in [0.15, 0.2) is 0 Å². The van der Waals surface area contributed by atoms with Gasteiger partial charge >= 0.3 is 12.1 Å². The van der Waals surface area contributed by atoms with Gasteiger partial charge in [-0.25, -0.2) is 13.9 Å². The molecular weight excluding hydrogens is 174 g/mol. The number of aliphatic carboxylic acids is 1. The highest BCUT2D eigenvalue weighted by atomic mass is 32.2. The number of nitrogens with zero attached hydrogens (tertiary/aromatic N) is 1. The van der Waals surface area contributed by atoms with E-state index in [1.165, 1.54) is 0 Å². The average molecular weight is 179 g/mol. The second-order valence-electron chi connectivity index (χ2n) is 1.82. The summed E-state index contributed by atoms with van der Waals surface area (Å²) in [5, 5.41) is 16.8. The third-order valence-electron chi connectivity index (χ3n) is 1.12. The summed E-state index contributed by atoms with van der Waals surface area (Å²) in [5.74, 6) is -1.20. The van der Waals surface area contributed by atoms with E-state index in [1.54, 1.807) is 0 Å². The van der Waals surface area contributed by atoms with Crippen molar-refractivity contribution in [1.82, 2.24) is 4.31 Å². The quantitative estimate of drug-likeness (QED) is 0.435. The predicted molar refractivity (Wildman–Crippen MR) is 34.8 cm³/mol. The minimum atomic E-state index is -1.31. The molecule has 1 aliphatic heterocycles. The molecule has 1 unspecified atom stereocenters. The van der Waals surface area contributed by atoms with Crippen molar-refractivity contribution in [3.8, 4) is 0 Å². The zero-order valence-electron chi connectivity index (χ0n) is 5.26. The third-order valence-corrected chi connectivity index (χ3v) is 1.93. The van der Waals surface area contributed by atoms with E-state index in [9.17, 15) is 9.59 Å². The first kappa shape index (κ1) is 8.15. The van der Waals surface area contributed by atoms with Crippen LogP contribution in [0.3, 0.4) is 0 Å². The van der Waals surface area contributed by atoms with Crippen LogP contribution in [0.4, 0.5) is 4.79 Å². The monoisotopic (exact) mass is 179 g/mol. The van der Waals surface area contributed by atoms with E-state index in [2.05, 4.69) is 4.18 Å². The number of rotatable bonds is 1. The lowest BCUT2D eigenvalue weighted by Gasteiger charge is -2.11. The molecule has 0 bridgehead atoms. The highest BCUT2D eigenvalue weighted by Gasteiger charge is 2.36. The van der Waals surface area contributed by atoms with Gasteiger partial charge < -0.3 is 10.2 Å². The smallest absolute Gasteiger partial charge is 0.420 e. The van der Waals surface area contributed by atoms with Crippen molar-refractivity contribution in [3.05, 3.63) is 0 Å². The predicted octanol–water partition coefficient (Wildman–Crippen LogP) is 0.0130. The summed E-state index contributed by atoms with van der Waals surface area (Å²) in [5.41, 5.74) is 0. The number of amides is 1. The molecule has 0 aromatic carbocycles. The average Bonchev–Trinajstić information content (AvgIpc) is 2.32. The van der Waals surface area contributed by atoms with Crippen LogP contribution in [0.5, 0.6) is 0 Å². The van der Waals surface area contributed by atoms with Crippen molar-refractivity contribution in [2.24, 2.45) is 0 Å². The van der Waals surface area contributed by atoms with Crippen LogP contribution >= 0.6 is 12.2 Å². The lowest BCUT2D eigenvalue weighted by Crippen LogP contribution is -2.37. The van der Waals surface area contributed by atoms with Crippen molar-refractivity contribution in [2.45, 2.75) is 6.04 Å². The van der Waals surface area contributed by atoms with Crippen molar-refractivity contribution in [3.63, 3.8) is 0 Å². The van der Waals surface area contributed by atoms with Gasteiger partial charge in [-0.3, -0.25) is 4.18 Å². The summed E-state index contributed by atoms with van der Waals surface area (Å²) >= 11 is 0.540. The first-order valence-electron chi connectivity index (χ1n) is 2.67. The van der Waals surface area contributed by atoms with Gasteiger partial charge in [0.25, 0.3) is 0 Å². The van der Waals surface area contributed by atoms with Gasteiger partial charge in [0, 0.05) is 0 Å². The maximum absolute atomic E-state index is 10.3. The number of carboxylic acids is 1. The second-order valence-corrected chi connectivity index (χ2v) is 2.60. The largest absolute Gasteiger partial charge is 0.480 e. The third kappa shape index (κ3) is 1.55. The summed E-state index contributed by atoms with van der Waals surface area (Å²) < 4.78 is 5.23. The molecular formula is C4H5NO5S. The second kappa shape index (κ2) is 2.97. The zero-order chi connectivity index (χ0) is 8.43. The molecule has 2 N–H and O–H groups in total. The van der Waals surface area contributed by atoms with Crippen molar-refractivity contribution in [2.75, 3.05) is 6.61 Å². The first-order valence-corrected chi connectivity index (χ1v) is 3.37. The Labute approximate surface area is 66.1 Å². The van der Waals surface area contributed by atoms with Gasteiger partial charge in [-0.05, 0) is 0 Å². The Morgan fingerprint density at radius 3 is 2.55 bits per heavy atom. The molecule has 1 aliphatic rings. The molecule has 1 amide bonds. The summed E-state index contributed by atoms with van der Waals surface area (Å²) in [6, 6.07) is -1.09. The Hall–Kier alpha value is -0.950. The Bertz CT molecular complexity index is 175. The van der Waals surface area contributed by atoms with Gasteiger partial charge in [0.05, 0.1) is 6.61 Å². The Balaban J connectivity index is 2.65. The molecule has 0 spiro atoms. The van der Waals surface area contributed by atoms with E-state index in [4.69, 9.17) is 10.2 Å². The lowest BCUT2D eigenvalue weighted by atomic mass is 10.3. The van der Waals surface area contributed by atoms with Crippen LogP contribution < -0.4 is 0 Å². The van der Waals surface area contributed by atoms with Crippen molar-refractivity contribution >= 4 is 24.3 Å². The van der Waals surface area contributed by atoms with Crippen molar-refractivity contribution < 1.29 is 24.0 Å². The van der Waals surface area contributed by atoms with E-state index in [-0.39, 0.29) is 6.61 Å². The SMILES string of the molecule is O=C(O)C1COSN1C(=O)O. The van der Waals surface area contributed by atoms with E-state index >= 15 is 0 Å². The molecule has 62 valence electrons. The highest BCUT2D eigenvalue weighted by molar-refractivity contribution is 7.93. The standard InChI is InChI=1S/C4H5NO5S/c6-3(7)2-1-10-11-5(2)4(8)9/h2H,1H2,(H,6,7)(H,8,9). The Morgan fingerprint density at radius 1 is 1.55 bits per heavy atom. The molecule has 6 nitrogen and oxygen atoms in total. The maximum Gasteiger partial charge on any atom is 0.420 e. The van der Waals surface area contributed by atoms with E-state index in [1.807, 2.05) is 0 Å². The molecule has 1 saturated heterocycles. The molecule has 7 heteroatoms. The lowest BCUT2D eigenvalue weighted by molar-refractivity contribution is -0.140. The molecule has 11 heavy (non-hydrogen) atoms. The van der Waals surface area contributed by atoms with Gasteiger partial charge in [-0.2, -0.15) is 0 Å². The van der Waals surface area contributed by atoms with E-state index < -0.39 is 18.1 Å². The summed E-state index contributed by atoms with van der Waals surface area (Å²) in [6.45, 7) is -0.105. The van der Waals surface area contributed by atoms with Gasteiger partial charge in [0.1, 0.15) is 12.2 Å². The van der Waals surface area contributed by atoms with Crippen LogP contribution in [0.25, 0.3) is 0 Å². The molecule has 1 heterocycles. The normalized spacial score (nSPS) is 23.6. The molecule has 0 saturated carbocycles. The van der Waals surface area contributed by atoms with Crippen LogP contribution in [0, 0.1) is 0 Å². The Morgan fingerprint density at radius 2 is 2.18 bits per heavy atom. The first-order chi connectivity index (χ1) is 5.13. The maximum atomic E-state index is 10.3. The van der Waals surface area contributed by atoms with Crippen LogP contribution in [-0.2, 0) is 8.98 Å². The van der Waals surface area contributed by atoms with E-state index in [0.717, 1.165) is 0 Å². The highest BCUT2D eigenvalue weighted by Crippen LogP contribution is 2.24. The number of carbonyl (C=O) groups is 2. The Kier molecular flexibility index (Phi) is 2.20. The topological polar surface area (TPSA) is 87.1 Å². The fourth-order valence-corrected chi connectivity index (χ4v) is 1.23. The van der Waals surface area contributed by atoms with Crippen LogP contribution in [0.1, 0.15) is 0 Å². The minimum Gasteiger partial charge on any atom is -0.480 e. The summed E-state index contributed by atoms with van der Waals surface area (Å²) in [7, 11) is 0. The summed E-state index contributed by atoms with van der Waals surface area (Å²) in [4.78, 5) is 20.6. The molecule has 0 radical (unpaired) electrons. The van der Waals surface area contributed by atoms with E-state index in [0.29, 0.717) is 16.5 Å².